The summed E-state index contributed by atoms with van der Waals surface area (Å²) in [7, 11) is 0. The van der Waals surface area contributed by atoms with E-state index < -0.39 is 11.9 Å². The smallest absolute Gasteiger partial charge is 0.340 e. The SMILES string of the molecule is CCOC(=O)c1c(C)n(CCO)c2ccc(OCC(=O)NN)cc12. The Morgan fingerprint density at radius 3 is 2.75 bits per heavy atom. The number of aliphatic hydroxyl groups excluding tert-OH is 1. The first-order valence-corrected chi connectivity index (χ1v) is 7.56. The van der Waals surface area contributed by atoms with Crippen LogP contribution in [-0.2, 0) is 16.1 Å². The van der Waals surface area contributed by atoms with Crippen LogP contribution in [0.25, 0.3) is 10.9 Å². The Balaban J connectivity index is 2.49. The van der Waals surface area contributed by atoms with Crippen molar-refractivity contribution in [3.05, 3.63) is 29.5 Å². The summed E-state index contributed by atoms with van der Waals surface area (Å²) in [6, 6.07) is 5.14. The minimum absolute atomic E-state index is 0.0538. The number of hydrogen-bond donors (Lipinski definition) is 3. The molecule has 0 aliphatic rings. The average molecular weight is 335 g/mol. The number of amides is 1. The fraction of sp³-hybridized carbons (Fsp3) is 0.375. The molecule has 2 aromatic rings. The molecule has 0 bridgehead atoms. The molecule has 1 aromatic heterocycles. The normalized spacial score (nSPS) is 10.7. The van der Waals surface area contributed by atoms with Crippen LogP contribution in [0.4, 0.5) is 0 Å². The van der Waals surface area contributed by atoms with E-state index in [2.05, 4.69) is 0 Å². The van der Waals surface area contributed by atoms with E-state index in [4.69, 9.17) is 15.3 Å². The number of hydrazine groups is 1. The Morgan fingerprint density at radius 1 is 1.38 bits per heavy atom. The molecule has 0 aliphatic heterocycles. The summed E-state index contributed by atoms with van der Waals surface area (Å²) in [4.78, 5) is 23.5. The maximum absolute atomic E-state index is 12.3. The van der Waals surface area contributed by atoms with Crippen molar-refractivity contribution < 1.29 is 24.2 Å². The highest BCUT2D eigenvalue weighted by atomic mass is 16.5. The molecule has 8 heteroatoms. The standard InChI is InChI=1S/C16H21N3O5/c1-3-23-16(22)15-10(2)19(6-7-20)13-5-4-11(8-12(13)15)24-9-14(21)18-17/h4-5,8,20H,3,6-7,9,17H2,1-2H3,(H,18,21). The zero-order valence-corrected chi connectivity index (χ0v) is 13.7. The molecular weight excluding hydrogens is 314 g/mol. The zero-order chi connectivity index (χ0) is 17.7. The molecule has 130 valence electrons. The molecule has 0 aliphatic carbocycles. The molecule has 1 aromatic carbocycles. The zero-order valence-electron chi connectivity index (χ0n) is 13.7. The van der Waals surface area contributed by atoms with Crippen LogP contribution in [-0.4, -0.2) is 41.4 Å². The third-order valence-electron chi connectivity index (χ3n) is 3.63. The van der Waals surface area contributed by atoms with Crippen LogP contribution in [0, 0.1) is 6.92 Å². The number of carbonyl (C=O) groups excluding carboxylic acids is 2. The van der Waals surface area contributed by atoms with Crippen LogP contribution in [0.5, 0.6) is 5.75 Å². The number of benzene rings is 1. The summed E-state index contributed by atoms with van der Waals surface area (Å²) in [5.41, 5.74) is 3.88. The molecule has 1 amide bonds. The minimum Gasteiger partial charge on any atom is -0.484 e. The van der Waals surface area contributed by atoms with Crippen molar-refractivity contribution in [3.63, 3.8) is 0 Å². The van der Waals surface area contributed by atoms with Crippen LogP contribution in [0.2, 0.25) is 0 Å². The average Bonchev–Trinajstić information content (AvgIpc) is 2.84. The Labute approximate surface area is 139 Å². The third kappa shape index (κ3) is 3.50. The molecule has 0 atom stereocenters. The van der Waals surface area contributed by atoms with Crippen molar-refractivity contribution in [2.24, 2.45) is 5.84 Å². The van der Waals surface area contributed by atoms with E-state index >= 15 is 0 Å². The van der Waals surface area contributed by atoms with Crippen molar-refractivity contribution in [1.82, 2.24) is 9.99 Å². The number of rotatable bonds is 7. The molecule has 0 fully saturated rings. The van der Waals surface area contributed by atoms with Crippen molar-refractivity contribution in [2.45, 2.75) is 20.4 Å². The van der Waals surface area contributed by atoms with Gasteiger partial charge in [0.2, 0.25) is 0 Å². The number of nitrogens with one attached hydrogen (secondary N) is 1. The van der Waals surface area contributed by atoms with Gasteiger partial charge in [-0.25, -0.2) is 10.6 Å². The highest BCUT2D eigenvalue weighted by Crippen LogP contribution is 2.30. The van der Waals surface area contributed by atoms with Crippen LogP contribution >= 0.6 is 0 Å². The predicted octanol–water partition coefficient (Wildman–Crippen LogP) is 0.487. The van der Waals surface area contributed by atoms with Gasteiger partial charge in [-0.05, 0) is 32.0 Å². The molecule has 0 unspecified atom stereocenters. The monoisotopic (exact) mass is 335 g/mol. The highest BCUT2D eigenvalue weighted by Gasteiger charge is 2.21. The van der Waals surface area contributed by atoms with Crippen molar-refractivity contribution in [1.29, 1.82) is 0 Å². The number of hydrogen-bond acceptors (Lipinski definition) is 6. The van der Waals surface area contributed by atoms with Gasteiger partial charge in [-0.15, -0.1) is 0 Å². The van der Waals surface area contributed by atoms with Gasteiger partial charge in [0.15, 0.2) is 6.61 Å². The Kier molecular flexibility index (Phi) is 5.78. The maximum Gasteiger partial charge on any atom is 0.340 e. The minimum atomic E-state index is -0.463. The molecule has 0 radical (unpaired) electrons. The summed E-state index contributed by atoms with van der Waals surface area (Å²) in [6.45, 7) is 3.87. The lowest BCUT2D eigenvalue weighted by molar-refractivity contribution is -0.123. The predicted molar refractivity (Wildman–Crippen MR) is 87.5 cm³/mol. The van der Waals surface area contributed by atoms with Crippen LogP contribution < -0.4 is 16.0 Å². The van der Waals surface area contributed by atoms with Gasteiger partial charge < -0.3 is 19.1 Å². The quantitative estimate of drug-likeness (QED) is 0.293. The first kappa shape index (κ1) is 17.8. The van der Waals surface area contributed by atoms with Gasteiger partial charge >= 0.3 is 5.97 Å². The molecule has 1 heterocycles. The van der Waals surface area contributed by atoms with E-state index in [9.17, 15) is 14.7 Å². The van der Waals surface area contributed by atoms with Crippen LogP contribution in [0.1, 0.15) is 23.0 Å². The summed E-state index contributed by atoms with van der Waals surface area (Å²) in [5, 5.41) is 9.91. The summed E-state index contributed by atoms with van der Waals surface area (Å²) in [5.74, 6) is 4.54. The molecular formula is C16H21N3O5. The second-order valence-corrected chi connectivity index (χ2v) is 5.09. The molecule has 0 spiro atoms. The second kappa shape index (κ2) is 7.80. The van der Waals surface area contributed by atoms with E-state index in [-0.39, 0.29) is 19.8 Å². The lowest BCUT2D eigenvalue weighted by atomic mass is 10.1. The molecule has 2 rings (SSSR count). The lowest BCUT2D eigenvalue weighted by Gasteiger charge is -2.07. The van der Waals surface area contributed by atoms with Gasteiger partial charge in [0.25, 0.3) is 5.91 Å². The lowest BCUT2D eigenvalue weighted by Crippen LogP contribution is -2.34. The van der Waals surface area contributed by atoms with E-state index in [1.54, 1.807) is 32.0 Å². The van der Waals surface area contributed by atoms with E-state index in [0.29, 0.717) is 28.9 Å². The summed E-state index contributed by atoms with van der Waals surface area (Å²) < 4.78 is 12.3. The van der Waals surface area contributed by atoms with Gasteiger partial charge in [-0.1, -0.05) is 0 Å². The number of aliphatic hydroxyl groups is 1. The summed E-state index contributed by atoms with van der Waals surface area (Å²) in [6.07, 6.45) is 0. The third-order valence-corrected chi connectivity index (χ3v) is 3.63. The molecule has 4 N–H and O–H groups in total. The van der Waals surface area contributed by atoms with Crippen molar-refractivity contribution in [3.8, 4) is 5.75 Å². The largest absolute Gasteiger partial charge is 0.484 e. The number of nitrogens with zero attached hydrogens (tertiary/aromatic N) is 1. The van der Waals surface area contributed by atoms with Gasteiger partial charge in [-0.2, -0.15) is 0 Å². The fourth-order valence-electron chi connectivity index (χ4n) is 2.59. The van der Waals surface area contributed by atoms with Crippen LogP contribution in [0.15, 0.2) is 18.2 Å². The summed E-state index contributed by atoms with van der Waals surface area (Å²) >= 11 is 0. The number of carbonyl (C=O) groups is 2. The number of esters is 1. The van der Waals surface area contributed by atoms with Gasteiger partial charge in [0.05, 0.1) is 18.8 Å². The number of nitrogens with two attached hydrogens (primary N) is 1. The number of aromatic nitrogens is 1. The van der Waals surface area contributed by atoms with E-state index in [0.717, 1.165) is 5.52 Å². The Morgan fingerprint density at radius 2 is 2.12 bits per heavy atom. The van der Waals surface area contributed by atoms with Crippen molar-refractivity contribution in [2.75, 3.05) is 19.8 Å². The molecule has 0 saturated carbocycles. The van der Waals surface area contributed by atoms with E-state index in [1.165, 1.54) is 0 Å². The molecule has 24 heavy (non-hydrogen) atoms. The molecule has 0 saturated heterocycles. The fourth-order valence-corrected chi connectivity index (χ4v) is 2.59. The molecule has 8 nitrogen and oxygen atoms in total. The van der Waals surface area contributed by atoms with Gasteiger partial charge in [-0.3, -0.25) is 10.2 Å². The topological polar surface area (TPSA) is 116 Å². The second-order valence-electron chi connectivity index (χ2n) is 5.09. The van der Waals surface area contributed by atoms with E-state index in [1.807, 2.05) is 9.99 Å². The Hall–Kier alpha value is -2.58. The first-order chi connectivity index (χ1) is 11.5. The maximum atomic E-state index is 12.3. The van der Waals surface area contributed by atoms with Crippen molar-refractivity contribution >= 4 is 22.8 Å². The first-order valence-electron chi connectivity index (χ1n) is 7.56. The van der Waals surface area contributed by atoms with Gasteiger partial charge in [0.1, 0.15) is 5.75 Å². The Bertz CT molecular complexity index is 754. The highest BCUT2D eigenvalue weighted by molar-refractivity contribution is 6.06. The number of fused-ring (bicyclic) bond motifs is 1. The van der Waals surface area contributed by atoms with Crippen LogP contribution in [0.3, 0.4) is 0 Å². The number of ether oxygens (including phenoxy) is 2. The van der Waals surface area contributed by atoms with Gasteiger partial charge in [0, 0.05) is 23.1 Å².